The van der Waals surface area contributed by atoms with Crippen molar-refractivity contribution in [1.29, 1.82) is 0 Å². The highest BCUT2D eigenvalue weighted by Gasteiger charge is 2.35. The van der Waals surface area contributed by atoms with E-state index in [4.69, 9.17) is 14.2 Å². The average Bonchev–Trinajstić information content (AvgIpc) is 3.62. The van der Waals surface area contributed by atoms with Crippen molar-refractivity contribution in [2.75, 3.05) is 18.6 Å². The highest BCUT2D eigenvalue weighted by Crippen LogP contribution is 2.42. The zero-order chi connectivity index (χ0) is 22.9. The lowest BCUT2D eigenvalue weighted by molar-refractivity contribution is -0.119. The largest absolute Gasteiger partial charge is 0.492 e. The maximum atomic E-state index is 13.2. The minimum Gasteiger partial charge on any atom is -0.492 e. The molecule has 2 aromatic carbocycles. The number of anilines is 1. The van der Waals surface area contributed by atoms with Crippen LogP contribution in [0.15, 0.2) is 42.5 Å². The second-order valence-corrected chi connectivity index (χ2v) is 8.68. The highest BCUT2D eigenvalue weighted by atomic mass is 16.5. The van der Waals surface area contributed by atoms with Crippen LogP contribution in [0.2, 0.25) is 0 Å². The van der Waals surface area contributed by atoms with Crippen LogP contribution in [-0.2, 0) is 16.1 Å². The van der Waals surface area contributed by atoms with E-state index in [1.165, 1.54) is 0 Å². The Labute approximate surface area is 188 Å². The molecule has 0 unspecified atom stereocenters. The summed E-state index contributed by atoms with van der Waals surface area (Å²) in [5.74, 6) is 0.962. The van der Waals surface area contributed by atoms with Crippen molar-refractivity contribution in [2.24, 2.45) is 5.92 Å². The molecule has 0 aromatic heterocycles. The Morgan fingerprint density at radius 3 is 2.66 bits per heavy atom. The van der Waals surface area contributed by atoms with Gasteiger partial charge in [0.15, 0.2) is 11.5 Å². The standard InChI is InChI=1S/C26H29NO5/c1-5-31-25(29)19-7-6-8-21(15-19)27(24(28)18-10-11-18)16-20-12-9-17-13-14-26(2,3)32-23(17)22(20)30-4/h6-9,12-15,18H,5,10-11,16H2,1-4H3. The Morgan fingerprint density at radius 2 is 1.97 bits per heavy atom. The second kappa shape index (κ2) is 8.69. The van der Waals surface area contributed by atoms with E-state index in [2.05, 4.69) is 0 Å². The minimum atomic E-state index is -0.448. The third-order valence-electron chi connectivity index (χ3n) is 5.65. The zero-order valence-corrected chi connectivity index (χ0v) is 19.0. The Bertz CT molecular complexity index is 1070. The van der Waals surface area contributed by atoms with E-state index in [1.807, 2.05) is 44.2 Å². The number of esters is 1. The van der Waals surface area contributed by atoms with Gasteiger partial charge in [-0.3, -0.25) is 4.79 Å². The van der Waals surface area contributed by atoms with E-state index in [9.17, 15) is 9.59 Å². The molecule has 168 valence electrons. The molecule has 0 radical (unpaired) electrons. The fraction of sp³-hybridized carbons (Fsp3) is 0.385. The van der Waals surface area contributed by atoms with Crippen molar-refractivity contribution in [3.8, 4) is 11.5 Å². The fourth-order valence-electron chi connectivity index (χ4n) is 3.82. The Morgan fingerprint density at radius 1 is 1.19 bits per heavy atom. The molecule has 0 N–H and O–H groups in total. The number of benzene rings is 2. The summed E-state index contributed by atoms with van der Waals surface area (Å²) in [6.45, 7) is 6.35. The Hall–Kier alpha value is -3.28. The molecule has 1 heterocycles. The molecular formula is C26H29NO5. The molecule has 0 saturated heterocycles. The number of carbonyl (C=O) groups excluding carboxylic acids is 2. The van der Waals surface area contributed by atoms with Gasteiger partial charge in [-0.25, -0.2) is 4.79 Å². The van der Waals surface area contributed by atoms with Gasteiger partial charge in [0.2, 0.25) is 5.91 Å². The van der Waals surface area contributed by atoms with Crippen LogP contribution in [-0.4, -0.2) is 31.2 Å². The fourth-order valence-corrected chi connectivity index (χ4v) is 3.82. The molecule has 4 rings (SSSR count). The molecular weight excluding hydrogens is 406 g/mol. The molecule has 2 aliphatic rings. The first-order valence-corrected chi connectivity index (χ1v) is 11.0. The van der Waals surface area contributed by atoms with E-state index >= 15 is 0 Å². The summed E-state index contributed by atoms with van der Waals surface area (Å²) < 4.78 is 17.1. The van der Waals surface area contributed by atoms with Gasteiger partial charge >= 0.3 is 5.97 Å². The van der Waals surface area contributed by atoms with Crippen molar-refractivity contribution in [3.63, 3.8) is 0 Å². The zero-order valence-electron chi connectivity index (χ0n) is 19.0. The third-order valence-corrected chi connectivity index (χ3v) is 5.65. The summed E-state index contributed by atoms with van der Waals surface area (Å²) in [6, 6.07) is 11.0. The van der Waals surface area contributed by atoms with Gasteiger partial charge in [0.1, 0.15) is 5.60 Å². The first-order valence-electron chi connectivity index (χ1n) is 11.0. The van der Waals surface area contributed by atoms with E-state index in [1.54, 1.807) is 37.1 Å². The highest BCUT2D eigenvalue weighted by molar-refractivity contribution is 5.98. The number of rotatable bonds is 7. The molecule has 1 aliphatic heterocycles. The lowest BCUT2D eigenvalue weighted by atomic mass is 9.99. The number of carbonyl (C=O) groups is 2. The van der Waals surface area contributed by atoms with Crippen LogP contribution >= 0.6 is 0 Å². The van der Waals surface area contributed by atoms with E-state index in [0.717, 1.165) is 24.0 Å². The van der Waals surface area contributed by atoms with Crippen molar-refractivity contribution in [3.05, 3.63) is 59.2 Å². The maximum Gasteiger partial charge on any atom is 0.338 e. The number of nitrogens with zero attached hydrogens (tertiary/aromatic N) is 1. The lowest BCUT2D eigenvalue weighted by Gasteiger charge is -2.31. The van der Waals surface area contributed by atoms with Crippen LogP contribution in [0.1, 0.15) is 55.1 Å². The van der Waals surface area contributed by atoms with Crippen LogP contribution in [0.3, 0.4) is 0 Å². The van der Waals surface area contributed by atoms with Gasteiger partial charge < -0.3 is 19.1 Å². The molecule has 0 spiro atoms. The molecule has 6 heteroatoms. The van der Waals surface area contributed by atoms with Gasteiger partial charge in [0, 0.05) is 22.7 Å². The van der Waals surface area contributed by atoms with Crippen molar-refractivity contribution >= 4 is 23.6 Å². The number of hydrogen-bond donors (Lipinski definition) is 0. The molecule has 2 aromatic rings. The summed E-state index contributed by atoms with van der Waals surface area (Å²) in [5.41, 5.74) is 2.41. The molecule has 1 amide bonds. The van der Waals surface area contributed by atoms with Gasteiger partial charge in [-0.05, 0) is 57.9 Å². The quantitative estimate of drug-likeness (QED) is 0.573. The smallest absolute Gasteiger partial charge is 0.338 e. The van der Waals surface area contributed by atoms with Crippen LogP contribution in [0, 0.1) is 5.92 Å². The molecule has 32 heavy (non-hydrogen) atoms. The van der Waals surface area contributed by atoms with Gasteiger partial charge in [0.25, 0.3) is 0 Å². The number of ether oxygens (including phenoxy) is 3. The van der Waals surface area contributed by atoms with E-state index in [-0.39, 0.29) is 11.8 Å². The summed E-state index contributed by atoms with van der Waals surface area (Å²) >= 11 is 0. The summed E-state index contributed by atoms with van der Waals surface area (Å²) in [6.07, 6.45) is 5.81. The summed E-state index contributed by atoms with van der Waals surface area (Å²) in [4.78, 5) is 27.2. The molecule has 1 fully saturated rings. The summed E-state index contributed by atoms with van der Waals surface area (Å²) in [5, 5.41) is 0. The SMILES string of the molecule is CCOC(=O)c1cccc(N(Cc2ccc3c(c2OC)OC(C)(C)C=C3)C(=O)C2CC2)c1. The van der Waals surface area contributed by atoms with Crippen molar-refractivity contribution in [1.82, 2.24) is 0 Å². The average molecular weight is 436 g/mol. The molecule has 1 saturated carbocycles. The van der Waals surface area contributed by atoms with Crippen LogP contribution in [0.25, 0.3) is 6.08 Å². The monoisotopic (exact) mass is 435 g/mol. The number of amides is 1. The van der Waals surface area contributed by atoms with E-state index in [0.29, 0.717) is 35.9 Å². The number of hydrogen-bond acceptors (Lipinski definition) is 5. The van der Waals surface area contributed by atoms with Gasteiger partial charge in [-0.2, -0.15) is 0 Å². The minimum absolute atomic E-state index is 0.0167. The summed E-state index contributed by atoms with van der Waals surface area (Å²) in [7, 11) is 1.61. The van der Waals surface area contributed by atoms with Crippen molar-refractivity contribution in [2.45, 2.75) is 45.8 Å². The van der Waals surface area contributed by atoms with Gasteiger partial charge in [-0.1, -0.05) is 24.3 Å². The number of methoxy groups -OCH3 is 1. The van der Waals surface area contributed by atoms with Gasteiger partial charge in [0.05, 0.1) is 25.8 Å². The molecule has 0 bridgehead atoms. The van der Waals surface area contributed by atoms with Crippen LogP contribution in [0.4, 0.5) is 5.69 Å². The lowest BCUT2D eigenvalue weighted by Crippen LogP contribution is -2.32. The van der Waals surface area contributed by atoms with E-state index < -0.39 is 11.6 Å². The number of fused-ring (bicyclic) bond motifs is 1. The normalized spacial score (nSPS) is 16.0. The Balaban J connectivity index is 1.71. The van der Waals surface area contributed by atoms with Crippen LogP contribution in [0.5, 0.6) is 11.5 Å². The maximum absolute atomic E-state index is 13.2. The van der Waals surface area contributed by atoms with Crippen molar-refractivity contribution < 1.29 is 23.8 Å². The first-order chi connectivity index (χ1) is 15.3. The predicted octanol–water partition coefficient (Wildman–Crippen LogP) is 5.00. The predicted molar refractivity (Wildman–Crippen MR) is 123 cm³/mol. The Kier molecular flexibility index (Phi) is 5.96. The second-order valence-electron chi connectivity index (χ2n) is 8.68. The van der Waals surface area contributed by atoms with Gasteiger partial charge in [-0.15, -0.1) is 0 Å². The molecule has 1 aliphatic carbocycles. The topological polar surface area (TPSA) is 65.1 Å². The van der Waals surface area contributed by atoms with Crippen LogP contribution < -0.4 is 14.4 Å². The first kappa shape index (κ1) is 21.9. The molecule has 6 nitrogen and oxygen atoms in total. The molecule has 0 atom stereocenters. The third kappa shape index (κ3) is 4.49.